The van der Waals surface area contributed by atoms with E-state index in [0.29, 0.717) is 0 Å². The van der Waals surface area contributed by atoms with Gasteiger partial charge in [-0.1, -0.05) is 44.2 Å². The summed E-state index contributed by atoms with van der Waals surface area (Å²) in [4.78, 5) is 4.33. The molecular weight excluding hydrogens is 198 g/mol. The van der Waals surface area contributed by atoms with Crippen LogP contribution in [0.1, 0.15) is 19.4 Å². The molecule has 3 nitrogen and oxygen atoms in total. The van der Waals surface area contributed by atoms with Gasteiger partial charge in [-0.3, -0.25) is 4.99 Å². The molecule has 2 rings (SSSR count). The smallest absolute Gasteiger partial charge is 0.191 e. The SMILES string of the molecule is CC(C)(CNC1=NCCN1)c1ccccc1. The molecule has 0 bridgehead atoms. The molecule has 16 heavy (non-hydrogen) atoms. The van der Waals surface area contributed by atoms with E-state index < -0.39 is 0 Å². The van der Waals surface area contributed by atoms with Gasteiger partial charge in [0.05, 0.1) is 6.54 Å². The summed E-state index contributed by atoms with van der Waals surface area (Å²) in [5, 5.41) is 6.58. The molecule has 1 aromatic rings. The van der Waals surface area contributed by atoms with E-state index in [1.54, 1.807) is 0 Å². The molecule has 1 aliphatic rings. The van der Waals surface area contributed by atoms with E-state index in [1.165, 1.54) is 5.56 Å². The van der Waals surface area contributed by atoms with Gasteiger partial charge in [0.15, 0.2) is 5.96 Å². The second-order valence-corrected chi connectivity index (χ2v) is 4.76. The van der Waals surface area contributed by atoms with E-state index in [4.69, 9.17) is 0 Å². The number of rotatable bonds is 3. The van der Waals surface area contributed by atoms with Crippen LogP contribution in [0.15, 0.2) is 35.3 Å². The van der Waals surface area contributed by atoms with Crippen LogP contribution in [-0.4, -0.2) is 25.6 Å². The number of aliphatic imine (C=N–C) groups is 1. The van der Waals surface area contributed by atoms with Crippen molar-refractivity contribution in [1.29, 1.82) is 0 Å². The van der Waals surface area contributed by atoms with E-state index >= 15 is 0 Å². The summed E-state index contributed by atoms with van der Waals surface area (Å²) in [6.07, 6.45) is 0. The Kier molecular flexibility index (Phi) is 3.13. The first-order valence-corrected chi connectivity index (χ1v) is 5.76. The monoisotopic (exact) mass is 217 g/mol. The Bertz CT molecular complexity index is 368. The quantitative estimate of drug-likeness (QED) is 0.805. The lowest BCUT2D eigenvalue weighted by atomic mass is 9.85. The molecular formula is C13H19N3. The highest BCUT2D eigenvalue weighted by Gasteiger charge is 2.20. The van der Waals surface area contributed by atoms with Gasteiger partial charge in [0.2, 0.25) is 0 Å². The van der Waals surface area contributed by atoms with Crippen LogP contribution >= 0.6 is 0 Å². The minimum Gasteiger partial charge on any atom is -0.356 e. The van der Waals surface area contributed by atoms with Gasteiger partial charge in [0.25, 0.3) is 0 Å². The molecule has 0 saturated carbocycles. The van der Waals surface area contributed by atoms with Gasteiger partial charge in [-0.05, 0) is 5.56 Å². The summed E-state index contributed by atoms with van der Waals surface area (Å²) in [5.74, 6) is 0.934. The number of benzene rings is 1. The fraction of sp³-hybridized carbons (Fsp3) is 0.462. The largest absolute Gasteiger partial charge is 0.356 e. The molecule has 3 heteroatoms. The Balaban J connectivity index is 1.97. The van der Waals surface area contributed by atoms with Crippen molar-refractivity contribution in [3.05, 3.63) is 35.9 Å². The summed E-state index contributed by atoms with van der Waals surface area (Å²) in [6, 6.07) is 10.6. The third kappa shape index (κ3) is 2.54. The van der Waals surface area contributed by atoms with Crippen molar-refractivity contribution in [3.8, 4) is 0 Å². The molecule has 0 atom stereocenters. The highest BCUT2D eigenvalue weighted by Crippen LogP contribution is 2.21. The Morgan fingerprint density at radius 2 is 2.06 bits per heavy atom. The van der Waals surface area contributed by atoms with Crippen LogP contribution < -0.4 is 10.6 Å². The predicted molar refractivity (Wildman–Crippen MR) is 67.8 cm³/mol. The molecule has 0 radical (unpaired) electrons. The van der Waals surface area contributed by atoms with Crippen molar-refractivity contribution in [2.24, 2.45) is 4.99 Å². The fourth-order valence-electron chi connectivity index (χ4n) is 1.81. The van der Waals surface area contributed by atoms with Gasteiger partial charge in [-0.15, -0.1) is 0 Å². The molecule has 0 spiro atoms. The van der Waals surface area contributed by atoms with Crippen molar-refractivity contribution in [1.82, 2.24) is 10.6 Å². The van der Waals surface area contributed by atoms with Gasteiger partial charge < -0.3 is 10.6 Å². The van der Waals surface area contributed by atoms with Crippen LogP contribution in [0.25, 0.3) is 0 Å². The molecule has 0 fully saturated rings. The van der Waals surface area contributed by atoms with Crippen LogP contribution in [-0.2, 0) is 5.41 Å². The van der Waals surface area contributed by atoms with Crippen LogP contribution in [0.5, 0.6) is 0 Å². The zero-order valence-corrected chi connectivity index (χ0v) is 9.96. The maximum atomic E-state index is 4.33. The average molecular weight is 217 g/mol. The lowest BCUT2D eigenvalue weighted by Gasteiger charge is -2.26. The standard InChI is InChI=1S/C13H19N3/c1-13(2,11-6-4-3-5-7-11)10-16-12-14-8-9-15-12/h3-7H,8-10H2,1-2H3,(H2,14,15,16). The van der Waals surface area contributed by atoms with Crippen LogP contribution in [0.4, 0.5) is 0 Å². The predicted octanol–water partition coefficient (Wildman–Crippen LogP) is 1.51. The van der Waals surface area contributed by atoms with Crippen LogP contribution in [0.2, 0.25) is 0 Å². The lowest BCUT2D eigenvalue weighted by Crippen LogP contribution is -2.41. The van der Waals surface area contributed by atoms with E-state index in [9.17, 15) is 0 Å². The third-order valence-corrected chi connectivity index (χ3v) is 2.93. The fourth-order valence-corrected chi connectivity index (χ4v) is 1.81. The Morgan fingerprint density at radius 3 is 2.69 bits per heavy atom. The third-order valence-electron chi connectivity index (χ3n) is 2.93. The van der Waals surface area contributed by atoms with E-state index in [-0.39, 0.29) is 5.41 Å². The summed E-state index contributed by atoms with van der Waals surface area (Å²) >= 11 is 0. The average Bonchev–Trinajstić information content (AvgIpc) is 2.81. The van der Waals surface area contributed by atoms with Crippen LogP contribution in [0.3, 0.4) is 0 Å². The first-order valence-electron chi connectivity index (χ1n) is 5.76. The molecule has 1 heterocycles. The molecule has 2 N–H and O–H groups in total. The lowest BCUT2D eigenvalue weighted by molar-refractivity contribution is 0.510. The highest BCUT2D eigenvalue weighted by molar-refractivity contribution is 5.81. The summed E-state index contributed by atoms with van der Waals surface area (Å²) in [5.41, 5.74) is 1.47. The number of hydrogen-bond donors (Lipinski definition) is 2. The van der Waals surface area contributed by atoms with Gasteiger partial charge in [0.1, 0.15) is 0 Å². The zero-order valence-electron chi connectivity index (χ0n) is 9.96. The normalized spacial score (nSPS) is 15.5. The molecule has 0 unspecified atom stereocenters. The van der Waals surface area contributed by atoms with E-state index in [0.717, 1.165) is 25.6 Å². The first-order chi connectivity index (χ1) is 7.68. The molecule has 0 saturated heterocycles. The van der Waals surface area contributed by atoms with Crippen molar-refractivity contribution >= 4 is 5.96 Å². The van der Waals surface area contributed by atoms with Gasteiger partial charge in [-0.2, -0.15) is 0 Å². The number of nitrogens with one attached hydrogen (secondary N) is 2. The van der Waals surface area contributed by atoms with Crippen molar-refractivity contribution in [2.75, 3.05) is 19.6 Å². The van der Waals surface area contributed by atoms with Crippen molar-refractivity contribution in [2.45, 2.75) is 19.3 Å². The number of hydrogen-bond acceptors (Lipinski definition) is 3. The Hall–Kier alpha value is -1.51. The number of nitrogens with zero attached hydrogens (tertiary/aromatic N) is 1. The minimum absolute atomic E-state index is 0.119. The summed E-state index contributed by atoms with van der Waals surface area (Å²) < 4.78 is 0. The highest BCUT2D eigenvalue weighted by atomic mass is 15.2. The van der Waals surface area contributed by atoms with Crippen molar-refractivity contribution < 1.29 is 0 Å². The second-order valence-electron chi connectivity index (χ2n) is 4.76. The molecule has 1 aromatic carbocycles. The summed E-state index contributed by atoms with van der Waals surface area (Å²) in [6.45, 7) is 7.21. The van der Waals surface area contributed by atoms with Crippen molar-refractivity contribution in [3.63, 3.8) is 0 Å². The van der Waals surface area contributed by atoms with Gasteiger partial charge >= 0.3 is 0 Å². The topological polar surface area (TPSA) is 36.4 Å². The number of guanidine groups is 1. The second kappa shape index (κ2) is 4.56. The molecule has 1 aliphatic heterocycles. The minimum atomic E-state index is 0.119. The Labute approximate surface area is 97.0 Å². The molecule has 86 valence electrons. The maximum absolute atomic E-state index is 4.33. The van der Waals surface area contributed by atoms with E-state index in [1.807, 2.05) is 0 Å². The molecule has 0 amide bonds. The maximum Gasteiger partial charge on any atom is 0.191 e. The van der Waals surface area contributed by atoms with Crippen LogP contribution in [0, 0.1) is 0 Å². The van der Waals surface area contributed by atoms with Gasteiger partial charge in [0, 0.05) is 18.5 Å². The van der Waals surface area contributed by atoms with E-state index in [2.05, 4.69) is 59.8 Å². The first kappa shape index (κ1) is 11.0. The van der Waals surface area contributed by atoms with Gasteiger partial charge in [-0.25, -0.2) is 0 Å². The molecule has 0 aliphatic carbocycles. The Morgan fingerprint density at radius 1 is 1.31 bits per heavy atom. The summed E-state index contributed by atoms with van der Waals surface area (Å²) in [7, 11) is 0. The zero-order chi connectivity index (χ0) is 11.4. The molecule has 0 aromatic heterocycles.